The Morgan fingerprint density at radius 1 is 0.867 bits per heavy atom. The fourth-order valence-corrected chi connectivity index (χ4v) is 6.53. The van der Waals surface area contributed by atoms with E-state index in [1.165, 1.54) is 19.3 Å². The maximum Gasteiger partial charge on any atom is 0.320 e. The van der Waals surface area contributed by atoms with Crippen molar-refractivity contribution in [2.45, 2.75) is 44.1 Å². The summed E-state index contributed by atoms with van der Waals surface area (Å²) in [5, 5.41) is 6.29. The molecule has 4 aliphatic carbocycles. The van der Waals surface area contributed by atoms with Gasteiger partial charge in [0.1, 0.15) is 0 Å². The van der Waals surface area contributed by atoms with Gasteiger partial charge in [-0.1, -0.05) is 36.4 Å². The fourth-order valence-electron chi connectivity index (χ4n) is 6.53. The molecule has 5 heteroatoms. The summed E-state index contributed by atoms with van der Waals surface area (Å²) in [5.41, 5.74) is 3.82. The zero-order valence-corrected chi connectivity index (χ0v) is 17.0. The van der Waals surface area contributed by atoms with Crippen LogP contribution in [0.25, 0.3) is 22.2 Å². The van der Waals surface area contributed by atoms with E-state index in [1.807, 2.05) is 30.3 Å². The number of aromatic nitrogens is 2. The summed E-state index contributed by atoms with van der Waals surface area (Å²) in [6.45, 7) is 0. The van der Waals surface area contributed by atoms with Crippen LogP contribution in [0, 0.1) is 17.8 Å². The zero-order valence-electron chi connectivity index (χ0n) is 17.0. The molecule has 4 saturated carbocycles. The molecular weight excluding hydrogens is 372 g/mol. The van der Waals surface area contributed by atoms with Crippen molar-refractivity contribution >= 4 is 22.9 Å². The molecule has 30 heavy (non-hydrogen) atoms. The molecule has 1 aromatic heterocycles. The van der Waals surface area contributed by atoms with Crippen molar-refractivity contribution in [3.8, 4) is 11.1 Å². The van der Waals surface area contributed by atoms with Gasteiger partial charge in [0.15, 0.2) is 5.82 Å². The average Bonchev–Trinajstić information content (AvgIpc) is 2.72. The molecule has 7 rings (SSSR count). The number of anilines is 1. The number of hydrogen-bond donors (Lipinski definition) is 2. The van der Waals surface area contributed by atoms with Gasteiger partial charge in [0.05, 0.1) is 17.2 Å². The summed E-state index contributed by atoms with van der Waals surface area (Å²) in [4.78, 5) is 22.0. The Hall–Kier alpha value is -2.95. The van der Waals surface area contributed by atoms with E-state index in [1.54, 1.807) is 6.20 Å². The molecule has 4 fully saturated rings. The SMILES string of the molecule is O=C(Nc1cnc2ccc(-c3ccccc3)cc2n1)NC12CC3CC(CC(C3)C1)C2. The monoisotopic (exact) mass is 398 g/mol. The van der Waals surface area contributed by atoms with Crippen molar-refractivity contribution in [3.63, 3.8) is 0 Å². The van der Waals surface area contributed by atoms with Crippen LogP contribution in [0.1, 0.15) is 38.5 Å². The van der Waals surface area contributed by atoms with E-state index < -0.39 is 0 Å². The minimum Gasteiger partial charge on any atom is -0.332 e. The van der Waals surface area contributed by atoms with Gasteiger partial charge in [-0.05, 0) is 79.5 Å². The van der Waals surface area contributed by atoms with Gasteiger partial charge < -0.3 is 5.32 Å². The third-order valence-electron chi connectivity index (χ3n) is 7.31. The van der Waals surface area contributed by atoms with E-state index in [0.29, 0.717) is 5.82 Å². The molecule has 0 saturated heterocycles. The van der Waals surface area contributed by atoms with Gasteiger partial charge in [-0.2, -0.15) is 0 Å². The van der Waals surface area contributed by atoms with Gasteiger partial charge in [0, 0.05) is 5.54 Å². The van der Waals surface area contributed by atoms with Gasteiger partial charge in [-0.15, -0.1) is 0 Å². The third kappa shape index (κ3) is 3.22. The van der Waals surface area contributed by atoms with Gasteiger partial charge in [0.2, 0.25) is 0 Å². The molecule has 3 aromatic rings. The van der Waals surface area contributed by atoms with E-state index in [-0.39, 0.29) is 11.6 Å². The molecular formula is C25H26N4O. The lowest BCUT2D eigenvalue weighted by Crippen LogP contribution is -2.60. The smallest absolute Gasteiger partial charge is 0.320 e. The Bertz CT molecular complexity index is 1080. The molecule has 1 heterocycles. The Kier molecular flexibility index (Phi) is 4.05. The summed E-state index contributed by atoms with van der Waals surface area (Å²) < 4.78 is 0. The minimum absolute atomic E-state index is 0.0103. The van der Waals surface area contributed by atoms with Crippen molar-refractivity contribution in [1.82, 2.24) is 15.3 Å². The van der Waals surface area contributed by atoms with Gasteiger partial charge in [0.25, 0.3) is 0 Å². The Morgan fingerprint density at radius 2 is 1.57 bits per heavy atom. The summed E-state index contributed by atoms with van der Waals surface area (Å²) in [5.74, 6) is 2.89. The van der Waals surface area contributed by atoms with E-state index >= 15 is 0 Å². The number of carbonyl (C=O) groups is 1. The number of nitrogens with one attached hydrogen (secondary N) is 2. The van der Waals surface area contributed by atoms with E-state index in [9.17, 15) is 4.79 Å². The van der Waals surface area contributed by atoms with Crippen LogP contribution in [-0.4, -0.2) is 21.5 Å². The fraction of sp³-hybridized carbons (Fsp3) is 0.400. The number of hydrogen-bond acceptors (Lipinski definition) is 3. The molecule has 5 nitrogen and oxygen atoms in total. The Morgan fingerprint density at radius 3 is 2.27 bits per heavy atom. The summed E-state index contributed by atoms with van der Waals surface area (Å²) in [6, 6.07) is 16.1. The van der Waals surface area contributed by atoms with E-state index in [4.69, 9.17) is 0 Å². The molecule has 4 aliphatic rings. The van der Waals surface area contributed by atoms with Gasteiger partial charge in [-0.25, -0.2) is 9.78 Å². The normalized spacial score (nSPS) is 29.1. The number of benzene rings is 2. The van der Waals surface area contributed by atoms with Crippen molar-refractivity contribution in [1.29, 1.82) is 0 Å². The first kappa shape index (κ1) is 17.9. The first-order chi connectivity index (χ1) is 14.6. The minimum atomic E-state index is -0.148. The van der Waals surface area contributed by atoms with E-state index in [0.717, 1.165) is 59.2 Å². The van der Waals surface area contributed by atoms with Gasteiger partial charge >= 0.3 is 6.03 Å². The highest BCUT2D eigenvalue weighted by molar-refractivity contribution is 5.90. The van der Waals surface area contributed by atoms with Crippen molar-refractivity contribution in [2.24, 2.45) is 17.8 Å². The highest BCUT2D eigenvalue weighted by Gasteiger charge is 2.51. The predicted octanol–water partition coefficient (Wildman–Crippen LogP) is 5.39. The Labute approximate surface area is 176 Å². The number of nitrogens with zero attached hydrogens (tertiary/aromatic N) is 2. The first-order valence-electron chi connectivity index (χ1n) is 11.1. The Balaban J connectivity index is 1.21. The molecule has 0 spiro atoms. The molecule has 0 unspecified atom stereocenters. The average molecular weight is 399 g/mol. The summed E-state index contributed by atoms with van der Waals surface area (Å²) in [7, 11) is 0. The second kappa shape index (κ2) is 6.79. The molecule has 2 aromatic carbocycles. The first-order valence-corrected chi connectivity index (χ1v) is 11.1. The van der Waals surface area contributed by atoms with Crippen molar-refractivity contribution in [3.05, 3.63) is 54.7 Å². The number of carbonyl (C=O) groups excluding carboxylic acids is 1. The van der Waals surface area contributed by atoms with Crippen LogP contribution in [0.5, 0.6) is 0 Å². The number of urea groups is 1. The molecule has 0 atom stereocenters. The van der Waals surface area contributed by atoms with Crippen LogP contribution in [0.4, 0.5) is 10.6 Å². The van der Waals surface area contributed by atoms with Crippen LogP contribution in [0.15, 0.2) is 54.7 Å². The van der Waals surface area contributed by atoms with Crippen LogP contribution in [-0.2, 0) is 0 Å². The van der Waals surface area contributed by atoms with E-state index in [2.05, 4.69) is 38.8 Å². The summed E-state index contributed by atoms with van der Waals surface area (Å²) in [6.07, 6.45) is 9.14. The van der Waals surface area contributed by atoms with Crippen LogP contribution in [0.3, 0.4) is 0 Å². The maximum absolute atomic E-state index is 12.8. The van der Waals surface area contributed by atoms with Crippen LogP contribution >= 0.6 is 0 Å². The lowest BCUT2D eigenvalue weighted by molar-refractivity contribution is -0.0127. The van der Waals surface area contributed by atoms with Crippen molar-refractivity contribution < 1.29 is 4.79 Å². The second-order valence-electron chi connectivity index (χ2n) is 9.60. The molecule has 2 N–H and O–H groups in total. The highest BCUT2D eigenvalue weighted by atomic mass is 16.2. The summed E-state index contributed by atoms with van der Waals surface area (Å²) >= 11 is 0. The van der Waals surface area contributed by atoms with Crippen LogP contribution in [0.2, 0.25) is 0 Å². The number of amides is 2. The van der Waals surface area contributed by atoms with Crippen molar-refractivity contribution in [2.75, 3.05) is 5.32 Å². The largest absolute Gasteiger partial charge is 0.332 e. The standard InChI is InChI=1S/C25H26N4O/c30-24(29-25-12-16-8-17(13-25)10-18(9-16)14-25)28-23-15-26-21-7-6-20(11-22(21)27-23)19-4-2-1-3-5-19/h1-7,11,15-18H,8-10,12-14H2,(H2,27,28,29,30). The topological polar surface area (TPSA) is 66.9 Å². The lowest BCUT2D eigenvalue weighted by Gasteiger charge is -2.56. The molecule has 4 bridgehead atoms. The highest BCUT2D eigenvalue weighted by Crippen LogP contribution is 2.55. The molecule has 0 radical (unpaired) electrons. The zero-order chi connectivity index (χ0) is 20.1. The number of rotatable bonds is 3. The lowest BCUT2D eigenvalue weighted by atomic mass is 9.53. The predicted molar refractivity (Wildman–Crippen MR) is 118 cm³/mol. The van der Waals surface area contributed by atoms with Crippen LogP contribution < -0.4 is 10.6 Å². The number of fused-ring (bicyclic) bond motifs is 1. The maximum atomic E-state index is 12.8. The van der Waals surface area contributed by atoms with Gasteiger partial charge in [-0.3, -0.25) is 10.3 Å². The quantitative estimate of drug-likeness (QED) is 0.622. The second-order valence-corrected chi connectivity index (χ2v) is 9.60. The molecule has 0 aliphatic heterocycles. The molecule has 152 valence electrons. The molecule has 2 amide bonds. The third-order valence-corrected chi connectivity index (χ3v) is 7.31.